The summed E-state index contributed by atoms with van der Waals surface area (Å²) in [5.74, 6) is 0.637. The predicted molar refractivity (Wildman–Crippen MR) is 74.8 cm³/mol. The lowest BCUT2D eigenvalue weighted by Crippen LogP contribution is -2.41. The Morgan fingerprint density at radius 3 is 2.50 bits per heavy atom. The van der Waals surface area contributed by atoms with Crippen LogP contribution in [0.5, 0.6) is 0 Å². The van der Waals surface area contributed by atoms with Crippen LogP contribution < -0.4 is 0 Å². The SMILES string of the molecule is COC(=O)CCC(=O)N(Cc1ccco1)[C@@H](C)C(C)C. The second-order valence-corrected chi connectivity index (χ2v) is 5.16. The van der Waals surface area contributed by atoms with Crippen LogP contribution in [0.4, 0.5) is 0 Å². The summed E-state index contributed by atoms with van der Waals surface area (Å²) in [6.45, 7) is 6.55. The van der Waals surface area contributed by atoms with Gasteiger partial charge in [0, 0.05) is 12.5 Å². The average Bonchev–Trinajstić information content (AvgIpc) is 2.93. The summed E-state index contributed by atoms with van der Waals surface area (Å²) in [5, 5.41) is 0. The normalized spacial score (nSPS) is 12.2. The van der Waals surface area contributed by atoms with Gasteiger partial charge in [-0.25, -0.2) is 0 Å². The Morgan fingerprint density at radius 1 is 1.30 bits per heavy atom. The highest BCUT2D eigenvalue weighted by Gasteiger charge is 2.24. The van der Waals surface area contributed by atoms with Gasteiger partial charge in [0.2, 0.25) is 5.91 Å². The second-order valence-electron chi connectivity index (χ2n) is 5.16. The molecule has 0 saturated carbocycles. The van der Waals surface area contributed by atoms with Crippen molar-refractivity contribution in [1.29, 1.82) is 0 Å². The topological polar surface area (TPSA) is 59.8 Å². The minimum atomic E-state index is -0.367. The standard InChI is InChI=1S/C15H23NO4/c1-11(2)12(3)16(10-13-6-5-9-20-13)14(17)7-8-15(18)19-4/h5-6,9,11-12H,7-8,10H2,1-4H3/t12-/m0/s1. The molecule has 20 heavy (non-hydrogen) atoms. The molecule has 1 heterocycles. The minimum Gasteiger partial charge on any atom is -0.469 e. The highest BCUT2D eigenvalue weighted by Crippen LogP contribution is 2.17. The van der Waals surface area contributed by atoms with E-state index in [0.717, 1.165) is 5.76 Å². The molecular weight excluding hydrogens is 258 g/mol. The Bertz CT molecular complexity index is 425. The Balaban J connectivity index is 2.71. The molecule has 112 valence electrons. The second kappa shape index (κ2) is 7.72. The van der Waals surface area contributed by atoms with Gasteiger partial charge in [-0.2, -0.15) is 0 Å². The molecule has 0 aliphatic carbocycles. The molecule has 0 spiro atoms. The summed E-state index contributed by atoms with van der Waals surface area (Å²) in [6, 6.07) is 3.71. The van der Waals surface area contributed by atoms with Gasteiger partial charge in [-0.15, -0.1) is 0 Å². The number of methoxy groups -OCH3 is 1. The van der Waals surface area contributed by atoms with Crippen molar-refractivity contribution in [2.75, 3.05) is 7.11 Å². The number of hydrogen-bond donors (Lipinski definition) is 0. The molecule has 1 aromatic heterocycles. The van der Waals surface area contributed by atoms with Crippen LogP contribution in [0.2, 0.25) is 0 Å². The molecule has 0 fully saturated rings. The molecule has 0 unspecified atom stereocenters. The van der Waals surface area contributed by atoms with E-state index < -0.39 is 0 Å². The summed E-state index contributed by atoms with van der Waals surface area (Å²) in [4.78, 5) is 25.2. The lowest BCUT2D eigenvalue weighted by molar-refractivity contribution is -0.144. The molecule has 0 saturated heterocycles. The molecule has 1 aromatic rings. The van der Waals surface area contributed by atoms with Gasteiger partial charge in [0.05, 0.1) is 26.3 Å². The van der Waals surface area contributed by atoms with E-state index in [2.05, 4.69) is 18.6 Å². The summed E-state index contributed by atoms with van der Waals surface area (Å²) in [5.41, 5.74) is 0. The van der Waals surface area contributed by atoms with E-state index in [1.54, 1.807) is 17.2 Å². The predicted octanol–water partition coefficient (Wildman–Crippen LogP) is 2.61. The van der Waals surface area contributed by atoms with Crippen molar-refractivity contribution in [1.82, 2.24) is 4.90 Å². The summed E-state index contributed by atoms with van der Waals surface area (Å²) >= 11 is 0. The molecule has 5 nitrogen and oxygen atoms in total. The first-order valence-corrected chi connectivity index (χ1v) is 6.84. The van der Waals surface area contributed by atoms with Crippen LogP contribution in [0.15, 0.2) is 22.8 Å². The first kappa shape index (κ1) is 16.3. The van der Waals surface area contributed by atoms with Crippen molar-refractivity contribution in [2.24, 2.45) is 5.92 Å². The van der Waals surface area contributed by atoms with Crippen molar-refractivity contribution < 1.29 is 18.7 Å². The number of nitrogens with zero attached hydrogens (tertiary/aromatic N) is 1. The van der Waals surface area contributed by atoms with Gasteiger partial charge in [-0.05, 0) is 25.0 Å². The fraction of sp³-hybridized carbons (Fsp3) is 0.600. The van der Waals surface area contributed by atoms with Gasteiger partial charge in [-0.3, -0.25) is 9.59 Å². The monoisotopic (exact) mass is 281 g/mol. The van der Waals surface area contributed by atoms with Gasteiger partial charge < -0.3 is 14.1 Å². The number of carbonyl (C=O) groups is 2. The van der Waals surface area contributed by atoms with Crippen molar-refractivity contribution >= 4 is 11.9 Å². The van der Waals surface area contributed by atoms with Crippen LogP contribution in [-0.4, -0.2) is 29.9 Å². The fourth-order valence-electron chi connectivity index (χ4n) is 1.84. The molecular formula is C15H23NO4. The first-order chi connectivity index (χ1) is 9.45. The number of esters is 1. The van der Waals surface area contributed by atoms with E-state index in [0.29, 0.717) is 12.5 Å². The summed E-state index contributed by atoms with van der Waals surface area (Å²) in [6.07, 6.45) is 1.85. The molecule has 0 aliphatic heterocycles. The van der Waals surface area contributed by atoms with Gasteiger partial charge in [0.1, 0.15) is 5.76 Å². The van der Waals surface area contributed by atoms with Crippen molar-refractivity contribution in [3.63, 3.8) is 0 Å². The van der Waals surface area contributed by atoms with Crippen LogP contribution in [-0.2, 0) is 20.9 Å². The van der Waals surface area contributed by atoms with Gasteiger partial charge in [0.15, 0.2) is 0 Å². The zero-order valence-corrected chi connectivity index (χ0v) is 12.6. The van der Waals surface area contributed by atoms with E-state index in [1.165, 1.54) is 7.11 Å². The number of hydrogen-bond acceptors (Lipinski definition) is 4. The zero-order chi connectivity index (χ0) is 15.1. The Labute approximate surface area is 119 Å². The number of ether oxygens (including phenoxy) is 1. The van der Waals surface area contributed by atoms with Gasteiger partial charge in [0.25, 0.3) is 0 Å². The average molecular weight is 281 g/mol. The zero-order valence-electron chi connectivity index (χ0n) is 12.6. The molecule has 1 amide bonds. The van der Waals surface area contributed by atoms with E-state index in [4.69, 9.17) is 4.42 Å². The maximum Gasteiger partial charge on any atom is 0.306 e. The Kier molecular flexibility index (Phi) is 6.28. The quantitative estimate of drug-likeness (QED) is 0.721. The molecule has 0 aliphatic rings. The molecule has 5 heteroatoms. The number of amides is 1. The van der Waals surface area contributed by atoms with Gasteiger partial charge in [-0.1, -0.05) is 13.8 Å². The Hall–Kier alpha value is -1.78. The molecule has 1 rings (SSSR count). The molecule has 0 radical (unpaired) electrons. The van der Waals surface area contributed by atoms with E-state index in [1.807, 2.05) is 13.0 Å². The van der Waals surface area contributed by atoms with Crippen LogP contribution in [0.3, 0.4) is 0 Å². The van der Waals surface area contributed by atoms with Gasteiger partial charge >= 0.3 is 5.97 Å². The summed E-state index contributed by atoms with van der Waals surface area (Å²) < 4.78 is 9.87. The fourth-order valence-corrected chi connectivity index (χ4v) is 1.84. The van der Waals surface area contributed by atoms with Crippen LogP contribution in [0.25, 0.3) is 0 Å². The van der Waals surface area contributed by atoms with E-state index >= 15 is 0 Å². The maximum atomic E-state index is 12.3. The van der Waals surface area contributed by atoms with Crippen LogP contribution >= 0.6 is 0 Å². The minimum absolute atomic E-state index is 0.0620. The third-order valence-corrected chi connectivity index (χ3v) is 3.45. The Morgan fingerprint density at radius 2 is 2.00 bits per heavy atom. The summed E-state index contributed by atoms with van der Waals surface area (Å²) in [7, 11) is 1.32. The van der Waals surface area contributed by atoms with Crippen molar-refractivity contribution in [2.45, 2.75) is 46.2 Å². The number of furan rings is 1. The molecule has 1 atom stereocenters. The maximum absolute atomic E-state index is 12.3. The third kappa shape index (κ3) is 4.72. The van der Waals surface area contributed by atoms with Crippen LogP contribution in [0, 0.1) is 5.92 Å². The molecule has 0 N–H and O–H groups in total. The molecule has 0 aromatic carbocycles. The molecule has 0 bridgehead atoms. The van der Waals surface area contributed by atoms with E-state index in [9.17, 15) is 9.59 Å². The van der Waals surface area contributed by atoms with Crippen molar-refractivity contribution in [3.05, 3.63) is 24.2 Å². The van der Waals surface area contributed by atoms with E-state index in [-0.39, 0.29) is 30.8 Å². The third-order valence-electron chi connectivity index (χ3n) is 3.45. The van der Waals surface area contributed by atoms with Crippen LogP contribution in [0.1, 0.15) is 39.4 Å². The lowest BCUT2D eigenvalue weighted by atomic mass is 10.0. The first-order valence-electron chi connectivity index (χ1n) is 6.84. The highest BCUT2D eigenvalue weighted by molar-refractivity contribution is 5.81. The number of rotatable bonds is 7. The van der Waals surface area contributed by atoms with Crippen molar-refractivity contribution in [3.8, 4) is 0 Å². The number of carbonyl (C=O) groups excluding carboxylic acids is 2. The highest BCUT2D eigenvalue weighted by atomic mass is 16.5. The smallest absolute Gasteiger partial charge is 0.306 e. The lowest BCUT2D eigenvalue weighted by Gasteiger charge is -2.31. The largest absolute Gasteiger partial charge is 0.469 e.